The second-order valence-electron chi connectivity index (χ2n) is 9.57. The van der Waals surface area contributed by atoms with Crippen LogP contribution in [0, 0.1) is 6.92 Å². The van der Waals surface area contributed by atoms with E-state index in [0.29, 0.717) is 38.0 Å². The molecule has 0 spiro atoms. The highest BCUT2D eigenvalue weighted by atomic mass is 35.5. The van der Waals surface area contributed by atoms with Crippen LogP contribution in [-0.4, -0.2) is 30.9 Å². The van der Waals surface area contributed by atoms with Crippen molar-refractivity contribution in [3.8, 4) is 5.75 Å². The Kier molecular flexibility index (Phi) is 8.83. The first kappa shape index (κ1) is 28.5. The van der Waals surface area contributed by atoms with Gasteiger partial charge in [-0.1, -0.05) is 83.1 Å². The molecule has 7 nitrogen and oxygen atoms in total. The Morgan fingerprint density at radius 3 is 2.49 bits per heavy atom. The van der Waals surface area contributed by atoms with E-state index >= 15 is 0 Å². The first-order chi connectivity index (χ1) is 19.9. The number of para-hydroxylation sites is 1. The molecule has 0 N–H and O–H groups in total. The van der Waals surface area contributed by atoms with Crippen molar-refractivity contribution >= 4 is 35.0 Å². The van der Waals surface area contributed by atoms with E-state index in [1.165, 1.54) is 24.0 Å². The quantitative estimate of drug-likeness (QED) is 0.204. The van der Waals surface area contributed by atoms with Gasteiger partial charge in [0.05, 0.1) is 28.5 Å². The van der Waals surface area contributed by atoms with Crippen LogP contribution in [0.1, 0.15) is 35.2 Å². The topological polar surface area (TPSA) is 79.1 Å². The zero-order valence-electron chi connectivity index (χ0n) is 22.9. The summed E-state index contributed by atoms with van der Waals surface area (Å²) in [4.78, 5) is 32.3. The van der Waals surface area contributed by atoms with Crippen molar-refractivity contribution in [1.82, 2.24) is 4.57 Å². The van der Waals surface area contributed by atoms with Gasteiger partial charge in [0.15, 0.2) is 4.80 Å². The second-order valence-corrected chi connectivity index (χ2v) is 11.0. The number of aromatic nitrogens is 1. The van der Waals surface area contributed by atoms with Gasteiger partial charge < -0.3 is 14.2 Å². The molecule has 1 aromatic heterocycles. The first-order valence-electron chi connectivity index (χ1n) is 13.1. The third-order valence-corrected chi connectivity index (χ3v) is 7.90. The Bertz CT molecular complexity index is 1770. The third kappa shape index (κ3) is 6.35. The number of hydrogen-bond acceptors (Lipinski definition) is 7. The normalized spacial score (nSPS) is 14.9. The van der Waals surface area contributed by atoms with Crippen molar-refractivity contribution in [3.05, 3.63) is 131 Å². The number of allylic oxidation sites excluding steroid dienone is 1. The monoisotopic (exact) mass is 588 g/mol. The Hall–Kier alpha value is -3.98. The Balaban J connectivity index is 1.56. The molecule has 1 aliphatic heterocycles. The summed E-state index contributed by atoms with van der Waals surface area (Å²) in [5.41, 5.74) is 4.24. The van der Waals surface area contributed by atoms with Gasteiger partial charge in [-0.05, 0) is 49.2 Å². The smallest absolute Gasteiger partial charge is 0.338 e. The summed E-state index contributed by atoms with van der Waals surface area (Å²) in [5.74, 6) is 0.110. The maximum absolute atomic E-state index is 13.9. The summed E-state index contributed by atoms with van der Waals surface area (Å²) in [6.45, 7) is 4.54. The molecule has 0 aliphatic carbocycles. The number of benzene rings is 3. The van der Waals surface area contributed by atoms with E-state index in [9.17, 15) is 9.59 Å². The van der Waals surface area contributed by atoms with Crippen molar-refractivity contribution in [1.29, 1.82) is 0 Å². The molecule has 0 saturated carbocycles. The number of carbonyl (C=O) groups is 1. The fraction of sp³-hybridized carbons (Fsp3) is 0.219. The molecule has 0 bridgehead atoms. The van der Waals surface area contributed by atoms with Gasteiger partial charge in [0.1, 0.15) is 19.0 Å². The molecule has 0 amide bonds. The molecule has 0 fully saturated rings. The predicted molar refractivity (Wildman–Crippen MR) is 160 cm³/mol. The molecule has 1 aliphatic rings. The number of nitrogens with zero attached hydrogens (tertiary/aromatic N) is 2. The average molecular weight is 589 g/mol. The Morgan fingerprint density at radius 1 is 1.02 bits per heavy atom. The molecule has 41 heavy (non-hydrogen) atoms. The fourth-order valence-corrected chi connectivity index (χ4v) is 5.72. The van der Waals surface area contributed by atoms with Gasteiger partial charge in [0, 0.05) is 17.7 Å². The molecular formula is C32H29ClN2O5S. The zero-order valence-corrected chi connectivity index (χ0v) is 24.5. The molecule has 0 radical (unpaired) electrons. The average Bonchev–Trinajstić information content (AvgIpc) is 3.27. The highest BCUT2D eigenvalue weighted by Gasteiger charge is 2.33. The molecule has 3 aromatic carbocycles. The highest BCUT2D eigenvalue weighted by Crippen LogP contribution is 2.31. The minimum atomic E-state index is -0.728. The summed E-state index contributed by atoms with van der Waals surface area (Å²) in [6.07, 6.45) is 1.81. The number of thiazole rings is 1. The third-order valence-electron chi connectivity index (χ3n) is 6.67. The maximum Gasteiger partial charge on any atom is 0.338 e. The van der Waals surface area contributed by atoms with E-state index in [-0.39, 0.29) is 18.8 Å². The van der Waals surface area contributed by atoms with E-state index in [1.807, 2.05) is 61.5 Å². The van der Waals surface area contributed by atoms with E-state index in [1.54, 1.807) is 35.8 Å². The van der Waals surface area contributed by atoms with Crippen molar-refractivity contribution in [2.75, 3.05) is 20.3 Å². The standard InChI is InChI=1S/C32H29ClN2O5S/c1-20-8-10-22(11-9-20)19-40-26-7-5-4-6-24(26)18-27-30(36)35-29(23-12-14-25(33)15-13-23)28(21(2)34-32(35)41-27)31(37)39-17-16-38-3/h4-15,18,29H,16-17,19H2,1-3H3. The van der Waals surface area contributed by atoms with Gasteiger partial charge >= 0.3 is 5.97 Å². The second kappa shape index (κ2) is 12.7. The number of fused-ring (bicyclic) bond motifs is 1. The molecule has 4 aromatic rings. The van der Waals surface area contributed by atoms with Crippen LogP contribution in [0.5, 0.6) is 5.75 Å². The molecule has 210 valence electrons. The molecule has 2 heterocycles. The number of hydrogen-bond donors (Lipinski definition) is 0. The number of rotatable bonds is 9. The molecule has 1 atom stereocenters. The molecule has 0 saturated heterocycles. The van der Waals surface area contributed by atoms with E-state index in [4.69, 9.17) is 25.8 Å². The Morgan fingerprint density at radius 2 is 1.76 bits per heavy atom. The van der Waals surface area contributed by atoms with Crippen LogP contribution in [0.15, 0.2) is 93.9 Å². The van der Waals surface area contributed by atoms with E-state index in [0.717, 1.165) is 16.7 Å². The number of esters is 1. The number of carbonyl (C=O) groups excluding carboxylic acids is 1. The molecule has 5 rings (SSSR count). The highest BCUT2D eigenvalue weighted by molar-refractivity contribution is 7.07. The van der Waals surface area contributed by atoms with Crippen molar-refractivity contribution in [3.63, 3.8) is 0 Å². The van der Waals surface area contributed by atoms with Crippen molar-refractivity contribution in [2.45, 2.75) is 26.5 Å². The summed E-state index contributed by atoms with van der Waals surface area (Å²) in [7, 11) is 1.53. The SMILES string of the molecule is COCCOC(=O)C1=C(C)N=c2sc(=Cc3ccccc3OCc3ccc(C)cc3)c(=O)n2C1c1ccc(Cl)cc1. The summed E-state index contributed by atoms with van der Waals surface area (Å²) in [5, 5.41) is 0.549. The largest absolute Gasteiger partial charge is 0.488 e. The predicted octanol–water partition coefficient (Wildman–Crippen LogP) is 4.97. The summed E-state index contributed by atoms with van der Waals surface area (Å²) in [6, 6.07) is 22.1. The van der Waals surface area contributed by atoms with Crippen LogP contribution in [0.2, 0.25) is 5.02 Å². The van der Waals surface area contributed by atoms with Gasteiger partial charge in [0.25, 0.3) is 5.56 Å². The molecule has 9 heteroatoms. The molecule has 1 unspecified atom stereocenters. The minimum Gasteiger partial charge on any atom is -0.488 e. The summed E-state index contributed by atoms with van der Waals surface area (Å²) < 4.78 is 18.6. The lowest BCUT2D eigenvalue weighted by Gasteiger charge is -2.24. The van der Waals surface area contributed by atoms with Gasteiger partial charge in [-0.2, -0.15) is 0 Å². The lowest BCUT2D eigenvalue weighted by molar-refractivity contribution is -0.140. The Labute approximate surface area is 246 Å². The fourth-order valence-electron chi connectivity index (χ4n) is 4.56. The zero-order chi connectivity index (χ0) is 28.9. The first-order valence-corrected chi connectivity index (χ1v) is 14.3. The van der Waals surface area contributed by atoms with Gasteiger partial charge in [-0.3, -0.25) is 9.36 Å². The van der Waals surface area contributed by atoms with Crippen molar-refractivity contribution in [2.24, 2.45) is 4.99 Å². The number of aryl methyl sites for hydroxylation is 1. The number of methoxy groups -OCH3 is 1. The van der Waals surface area contributed by atoms with Crippen LogP contribution >= 0.6 is 22.9 Å². The van der Waals surface area contributed by atoms with Crippen LogP contribution in [0.3, 0.4) is 0 Å². The van der Waals surface area contributed by atoms with Crippen LogP contribution in [0.25, 0.3) is 6.08 Å². The van der Waals surface area contributed by atoms with Gasteiger partial charge in [-0.15, -0.1) is 0 Å². The van der Waals surface area contributed by atoms with Crippen molar-refractivity contribution < 1.29 is 19.0 Å². The van der Waals surface area contributed by atoms with Gasteiger partial charge in [0.2, 0.25) is 0 Å². The van der Waals surface area contributed by atoms with E-state index < -0.39 is 12.0 Å². The minimum absolute atomic E-state index is 0.0866. The van der Waals surface area contributed by atoms with E-state index in [2.05, 4.69) is 4.99 Å². The lowest BCUT2D eigenvalue weighted by Crippen LogP contribution is -2.40. The van der Waals surface area contributed by atoms with Crippen LogP contribution in [0.4, 0.5) is 0 Å². The van der Waals surface area contributed by atoms with Crippen LogP contribution in [-0.2, 0) is 20.9 Å². The van der Waals surface area contributed by atoms with Gasteiger partial charge in [-0.25, -0.2) is 9.79 Å². The number of halogens is 1. The lowest BCUT2D eigenvalue weighted by atomic mass is 9.96. The van der Waals surface area contributed by atoms with Crippen LogP contribution < -0.4 is 19.6 Å². The maximum atomic E-state index is 13.9. The molecular weight excluding hydrogens is 560 g/mol. The number of ether oxygens (including phenoxy) is 3. The summed E-state index contributed by atoms with van der Waals surface area (Å²) >= 11 is 7.42.